The topological polar surface area (TPSA) is 135 Å². The zero-order valence-electron chi connectivity index (χ0n) is 20.5. The van der Waals surface area contributed by atoms with Crippen LogP contribution in [0.2, 0.25) is 0 Å². The summed E-state index contributed by atoms with van der Waals surface area (Å²) in [6.07, 6.45) is 1.44. The summed E-state index contributed by atoms with van der Waals surface area (Å²) in [6, 6.07) is 20.3. The predicted molar refractivity (Wildman–Crippen MR) is 144 cm³/mol. The van der Waals surface area contributed by atoms with Crippen LogP contribution in [0.4, 0.5) is 21.6 Å². The van der Waals surface area contributed by atoms with Gasteiger partial charge >= 0.3 is 0 Å². The van der Waals surface area contributed by atoms with E-state index in [0.717, 1.165) is 16.4 Å². The van der Waals surface area contributed by atoms with Gasteiger partial charge in [-0.1, -0.05) is 6.07 Å². The number of sulfonamides is 2. The molecule has 0 radical (unpaired) electrons. The Hall–Kier alpha value is -4.49. The van der Waals surface area contributed by atoms with E-state index in [0.29, 0.717) is 5.75 Å². The second-order valence-electron chi connectivity index (χ2n) is 8.06. The highest BCUT2D eigenvalue weighted by Gasteiger charge is 2.27. The van der Waals surface area contributed by atoms with Crippen molar-refractivity contribution in [3.8, 4) is 5.75 Å². The van der Waals surface area contributed by atoms with Gasteiger partial charge in [-0.3, -0.25) is 13.8 Å². The van der Waals surface area contributed by atoms with E-state index in [1.165, 1.54) is 80.0 Å². The molecule has 0 aliphatic carbocycles. The zero-order valence-corrected chi connectivity index (χ0v) is 22.1. The minimum absolute atomic E-state index is 0.0684. The number of aromatic nitrogens is 1. The first kappa shape index (κ1) is 27.5. The number of ether oxygens (including phenoxy) is 1. The minimum Gasteiger partial charge on any atom is -0.497 e. The highest BCUT2D eigenvalue weighted by atomic mass is 32.2. The summed E-state index contributed by atoms with van der Waals surface area (Å²) in [5.74, 6) is -0.689. The van der Waals surface area contributed by atoms with Crippen LogP contribution >= 0.6 is 0 Å². The first-order chi connectivity index (χ1) is 18.6. The van der Waals surface area contributed by atoms with Crippen LogP contribution < -0.4 is 19.1 Å². The molecule has 0 saturated carbocycles. The maximum Gasteiger partial charge on any atom is 0.264 e. The predicted octanol–water partition coefficient (Wildman–Crippen LogP) is 3.86. The molecule has 0 fully saturated rings. The largest absolute Gasteiger partial charge is 0.497 e. The van der Waals surface area contributed by atoms with Crippen molar-refractivity contribution in [3.05, 3.63) is 103 Å². The standard InChI is InChI=1S/C26H23FN4O6S2/c1-37-22-11-15-24(16-12-22)39(35,36)31(21-9-5-19(27)6-10-21)18-26(32)29-20-7-13-23(14-8-20)38(33,34)30-25-4-2-3-17-28-25/h2-17H,18H2,1H3,(H,28,30)(H,29,32). The summed E-state index contributed by atoms with van der Waals surface area (Å²) in [6.45, 7) is -0.638. The number of anilines is 3. The summed E-state index contributed by atoms with van der Waals surface area (Å²) in [5, 5.41) is 2.56. The summed E-state index contributed by atoms with van der Waals surface area (Å²) in [4.78, 5) is 16.7. The SMILES string of the molecule is COc1ccc(S(=O)(=O)N(CC(=O)Nc2ccc(S(=O)(=O)Nc3ccccn3)cc2)c2ccc(F)cc2)cc1. The Morgan fingerprint density at radius 2 is 1.51 bits per heavy atom. The number of carbonyl (C=O) groups excluding carboxylic acids is 1. The number of pyridine rings is 1. The molecule has 4 rings (SSSR count). The van der Waals surface area contributed by atoms with Crippen LogP contribution in [0.25, 0.3) is 0 Å². The number of carbonyl (C=O) groups is 1. The molecular formula is C26H23FN4O6S2. The smallest absolute Gasteiger partial charge is 0.264 e. The van der Waals surface area contributed by atoms with Gasteiger partial charge in [-0.05, 0) is 84.9 Å². The summed E-state index contributed by atoms with van der Waals surface area (Å²) in [7, 11) is -6.72. The molecule has 0 saturated heterocycles. The number of benzene rings is 3. The molecule has 1 amide bonds. The molecule has 0 unspecified atom stereocenters. The molecule has 0 bridgehead atoms. The molecular weight excluding hydrogens is 547 g/mol. The van der Waals surface area contributed by atoms with E-state index in [1.54, 1.807) is 12.1 Å². The van der Waals surface area contributed by atoms with Crippen molar-refractivity contribution >= 4 is 43.1 Å². The Bertz CT molecular complexity index is 1650. The highest BCUT2D eigenvalue weighted by molar-refractivity contribution is 7.93. The monoisotopic (exact) mass is 570 g/mol. The fourth-order valence-electron chi connectivity index (χ4n) is 3.47. The number of rotatable bonds is 10. The van der Waals surface area contributed by atoms with Crippen molar-refractivity contribution in [2.75, 3.05) is 28.0 Å². The number of hydrogen-bond acceptors (Lipinski definition) is 7. The molecule has 0 atom stereocenters. The maximum atomic E-state index is 13.5. The molecule has 1 aromatic heterocycles. The Balaban J connectivity index is 1.53. The Morgan fingerprint density at radius 3 is 2.10 bits per heavy atom. The van der Waals surface area contributed by atoms with Gasteiger partial charge in [-0.2, -0.15) is 0 Å². The molecule has 2 N–H and O–H groups in total. The Kier molecular flexibility index (Phi) is 8.12. The van der Waals surface area contributed by atoms with Crippen molar-refractivity contribution in [1.29, 1.82) is 0 Å². The zero-order chi connectivity index (χ0) is 28.0. The second-order valence-corrected chi connectivity index (χ2v) is 11.6. The molecule has 1 heterocycles. The average molecular weight is 571 g/mol. The summed E-state index contributed by atoms with van der Waals surface area (Å²) in [5.41, 5.74) is 0.307. The van der Waals surface area contributed by atoms with Crippen molar-refractivity contribution in [1.82, 2.24) is 4.98 Å². The Labute approximate surface area is 225 Å². The van der Waals surface area contributed by atoms with Gasteiger partial charge in [0.05, 0.1) is 22.6 Å². The van der Waals surface area contributed by atoms with Crippen molar-refractivity contribution in [2.24, 2.45) is 0 Å². The van der Waals surface area contributed by atoms with Crippen molar-refractivity contribution in [2.45, 2.75) is 9.79 Å². The van der Waals surface area contributed by atoms with Gasteiger partial charge in [-0.15, -0.1) is 0 Å². The molecule has 0 spiro atoms. The van der Waals surface area contributed by atoms with Gasteiger partial charge in [0.25, 0.3) is 20.0 Å². The summed E-state index contributed by atoms with van der Waals surface area (Å²) < 4.78 is 73.9. The van der Waals surface area contributed by atoms with Gasteiger partial charge in [0.15, 0.2) is 0 Å². The number of nitrogens with zero attached hydrogens (tertiary/aromatic N) is 2. The first-order valence-electron chi connectivity index (χ1n) is 11.3. The maximum absolute atomic E-state index is 13.5. The fraction of sp³-hybridized carbons (Fsp3) is 0.0769. The van der Waals surface area contributed by atoms with E-state index in [4.69, 9.17) is 4.74 Å². The van der Waals surface area contributed by atoms with Gasteiger partial charge in [-0.25, -0.2) is 26.2 Å². The van der Waals surface area contributed by atoms with Gasteiger partial charge in [0.2, 0.25) is 5.91 Å². The van der Waals surface area contributed by atoms with E-state index in [2.05, 4.69) is 15.0 Å². The fourth-order valence-corrected chi connectivity index (χ4v) is 5.89. The lowest BCUT2D eigenvalue weighted by Crippen LogP contribution is -2.38. The third-order valence-electron chi connectivity index (χ3n) is 5.40. The minimum atomic E-state index is -4.23. The third kappa shape index (κ3) is 6.69. The van der Waals surface area contributed by atoms with E-state index in [9.17, 15) is 26.0 Å². The van der Waals surface area contributed by atoms with Crippen LogP contribution in [-0.2, 0) is 24.8 Å². The van der Waals surface area contributed by atoms with E-state index in [1.807, 2.05) is 0 Å². The molecule has 0 aliphatic rings. The van der Waals surface area contributed by atoms with E-state index >= 15 is 0 Å². The number of amides is 1. The third-order valence-corrected chi connectivity index (χ3v) is 8.56. The lowest BCUT2D eigenvalue weighted by atomic mass is 10.3. The second kappa shape index (κ2) is 11.5. The summed E-state index contributed by atoms with van der Waals surface area (Å²) >= 11 is 0. The quantitative estimate of drug-likeness (QED) is 0.296. The normalized spacial score (nSPS) is 11.4. The van der Waals surface area contributed by atoms with E-state index in [-0.39, 0.29) is 27.0 Å². The Morgan fingerprint density at radius 1 is 0.872 bits per heavy atom. The molecule has 10 nitrogen and oxygen atoms in total. The molecule has 202 valence electrons. The van der Waals surface area contributed by atoms with Crippen LogP contribution in [-0.4, -0.2) is 41.4 Å². The first-order valence-corrected chi connectivity index (χ1v) is 14.3. The van der Waals surface area contributed by atoms with Gasteiger partial charge in [0, 0.05) is 11.9 Å². The lowest BCUT2D eigenvalue weighted by Gasteiger charge is -2.24. The lowest BCUT2D eigenvalue weighted by molar-refractivity contribution is -0.114. The van der Waals surface area contributed by atoms with Gasteiger partial charge < -0.3 is 10.1 Å². The van der Waals surface area contributed by atoms with Gasteiger partial charge in [0.1, 0.15) is 23.9 Å². The molecule has 3 aromatic carbocycles. The van der Waals surface area contributed by atoms with Crippen molar-refractivity contribution < 1.29 is 30.8 Å². The van der Waals surface area contributed by atoms with Crippen LogP contribution in [0.1, 0.15) is 0 Å². The number of nitrogens with one attached hydrogen (secondary N) is 2. The highest BCUT2D eigenvalue weighted by Crippen LogP contribution is 2.26. The van der Waals surface area contributed by atoms with Crippen LogP contribution in [0.5, 0.6) is 5.75 Å². The van der Waals surface area contributed by atoms with Crippen LogP contribution in [0.15, 0.2) is 107 Å². The molecule has 4 aromatic rings. The van der Waals surface area contributed by atoms with Crippen molar-refractivity contribution in [3.63, 3.8) is 0 Å². The molecule has 0 aliphatic heterocycles. The number of halogens is 1. The molecule has 39 heavy (non-hydrogen) atoms. The van der Waals surface area contributed by atoms with E-state index < -0.39 is 38.3 Å². The van der Waals surface area contributed by atoms with Crippen LogP contribution in [0.3, 0.4) is 0 Å². The average Bonchev–Trinajstić information content (AvgIpc) is 2.93. The number of hydrogen-bond donors (Lipinski definition) is 2. The molecule has 13 heteroatoms. The van der Waals surface area contributed by atoms with Crippen LogP contribution in [0, 0.1) is 5.82 Å². The number of methoxy groups -OCH3 is 1.